The van der Waals surface area contributed by atoms with Gasteiger partial charge in [0.15, 0.2) is 0 Å². The number of carbonyl (C=O) groups excluding carboxylic acids is 1. The van der Waals surface area contributed by atoms with Gasteiger partial charge in [0, 0.05) is 31.1 Å². The van der Waals surface area contributed by atoms with Crippen LogP contribution in [-0.4, -0.2) is 43.0 Å². The van der Waals surface area contributed by atoms with Gasteiger partial charge in [-0.1, -0.05) is 6.42 Å². The number of nitrogens with zero attached hydrogens (tertiary/aromatic N) is 1. The van der Waals surface area contributed by atoms with Crippen molar-refractivity contribution >= 4 is 5.91 Å². The number of hydrogen-bond donors (Lipinski definition) is 2. The minimum atomic E-state index is 0.157. The van der Waals surface area contributed by atoms with Gasteiger partial charge in [-0.3, -0.25) is 4.79 Å². The minimum Gasteiger partial charge on any atom is -0.355 e. The van der Waals surface area contributed by atoms with Gasteiger partial charge in [-0.15, -0.1) is 0 Å². The van der Waals surface area contributed by atoms with E-state index in [4.69, 9.17) is 5.73 Å². The Hall–Kier alpha value is -0.610. The maximum atomic E-state index is 11.9. The average molecular weight is 239 g/mol. The summed E-state index contributed by atoms with van der Waals surface area (Å²) in [5, 5.41) is 3.05. The van der Waals surface area contributed by atoms with E-state index in [1.807, 2.05) is 0 Å². The van der Waals surface area contributed by atoms with Crippen LogP contribution in [-0.2, 0) is 4.79 Å². The molecule has 0 aromatic heterocycles. The summed E-state index contributed by atoms with van der Waals surface area (Å²) in [6, 6.07) is 1.00. The molecule has 2 aliphatic carbocycles. The lowest BCUT2D eigenvalue weighted by molar-refractivity contribution is -0.126. The second kappa shape index (κ2) is 5.83. The fourth-order valence-electron chi connectivity index (χ4n) is 2.66. The summed E-state index contributed by atoms with van der Waals surface area (Å²) in [4.78, 5) is 14.3. The molecular weight excluding hydrogens is 214 g/mol. The fraction of sp³-hybridized carbons (Fsp3) is 0.923. The van der Waals surface area contributed by atoms with E-state index in [1.54, 1.807) is 0 Å². The third kappa shape index (κ3) is 3.96. The van der Waals surface area contributed by atoms with Crippen LogP contribution in [0.5, 0.6) is 0 Å². The predicted octanol–water partition coefficient (Wildman–Crippen LogP) is 0.714. The summed E-state index contributed by atoms with van der Waals surface area (Å²) < 4.78 is 0. The first-order valence-corrected chi connectivity index (χ1v) is 6.90. The van der Waals surface area contributed by atoms with Gasteiger partial charge >= 0.3 is 0 Å². The van der Waals surface area contributed by atoms with Crippen LogP contribution in [0.2, 0.25) is 0 Å². The molecule has 0 bridgehead atoms. The van der Waals surface area contributed by atoms with Gasteiger partial charge in [-0.25, -0.2) is 0 Å². The van der Waals surface area contributed by atoms with Crippen LogP contribution in [0.15, 0.2) is 0 Å². The number of nitrogens with one attached hydrogen (secondary N) is 1. The summed E-state index contributed by atoms with van der Waals surface area (Å²) in [6.45, 7) is 1.74. The molecule has 0 spiro atoms. The van der Waals surface area contributed by atoms with E-state index in [2.05, 4.69) is 17.3 Å². The Bertz CT molecular complexity index is 265. The topological polar surface area (TPSA) is 58.4 Å². The van der Waals surface area contributed by atoms with Crippen molar-refractivity contribution in [3.05, 3.63) is 0 Å². The van der Waals surface area contributed by atoms with Crippen LogP contribution in [0.3, 0.4) is 0 Å². The molecule has 2 fully saturated rings. The molecule has 0 heterocycles. The van der Waals surface area contributed by atoms with Crippen LogP contribution in [0.1, 0.15) is 38.5 Å². The Morgan fingerprint density at radius 2 is 2.12 bits per heavy atom. The van der Waals surface area contributed by atoms with Crippen LogP contribution in [0, 0.1) is 5.92 Å². The number of likely N-dealkylation sites (N-methyl/N-ethyl adjacent to an activating group) is 1. The van der Waals surface area contributed by atoms with Gasteiger partial charge in [0.05, 0.1) is 0 Å². The first-order chi connectivity index (χ1) is 8.16. The SMILES string of the molecule is CN(CCNC(=O)C1CCCC(N)C1)C1CC1. The second-order valence-corrected chi connectivity index (χ2v) is 5.63. The number of rotatable bonds is 5. The molecule has 2 saturated carbocycles. The van der Waals surface area contributed by atoms with Gasteiger partial charge in [-0.2, -0.15) is 0 Å². The van der Waals surface area contributed by atoms with Crippen molar-refractivity contribution in [3.63, 3.8) is 0 Å². The monoisotopic (exact) mass is 239 g/mol. The second-order valence-electron chi connectivity index (χ2n) is 5.63. The molecule has 2 atom stereocenters. The van der Waals surface area contributed by atoms with E-state index in [9.17, 15) is 4.79 Å². The lowest BCUT2D eigenvalue weighted by Crippen LogP contribution is -2.40. The van der Waals surface area contributed by atoms with Crippen molar-refractivity contribution in [2.45, 2.75) is 50.6 Å². The van der Waals surface area contributed by atoms with E-state index >= 15 is 0 Å². The molecule has 2 rings (SSSR count). The lowest BCUT2D eigenvalue weighted by atomic mass is 9.85. The maximum Gasteiger partial charge on any atom is 0.223 e. The quantitative estimate of drug-likeness (QED) is 0.743. The van der Waals surface area contributed by atoms with Gasteiger partial charge < -0.3 is 16.0 Å². The predicted molar refractivity (Wildman–Crippen MR) is 68.6 cm³/mol. The molecule has 98 valence electrons. The third-order valence-electron chi connectivity index (χ3n) is 4.02. The molecule has 2 unspecified atom stereocenters. The smallest absolute Gasteiger partial charge is 0.223 e. The van der Waals surface area contributed by atoms with E-state index in [0.717, 1.165) is 44.8 Å². The normalized spacial score (nSPS) is 29.4. The largest absolute Gasteiger partial charge is 0.355 e. The van der Waals surface area contributed by atoms with Gasteiger partial charge in [-0.05, 0) is 39.2 Å². The summed E-state index contributed by atoms with van der Waals surface area (Å²) in [5.74, 6) is 0.370. The van der Waals surface area contributed by atoms with Gasteiger partial charge in [0.2, 0.25) is 5.91 Å². The first-order valence-electron chi connectivity index (χ1n) is 6.90. The standard InChI is InChI=1S/C13H25N3O/c1-16(12-5-6-12)8-7-15-13(17)10-3-2-4-11(14)9-10/h10-12H,2-9,14H2,1H3,(H,15,17). The summed E-state index contributed by atoms with van der Waals surface area (Å²) in [6.07, 6.45) is 6.70. The molecule has 0 radical (unpaired) electrons. The Morgan fingerprint density at radius 1 is 1.35 bits per heavy atom. The molecular formula is C13H25N3O. The highest BCUT2D eigenvalue weighted by Gasteiger charge is 2.27. The van der Waals surface area contributed by atoms with Crippen molar-refractivity contribution in [1.29, 1.82) is 0 Å². The maximum absolute atomic E-state index is 11.9. The van der Waals surface area contributed by atoms with E-state index in [1.165, 1.54) is 12.8 Å². The Morgan fingerprint density at radius 3 is 2.76 bits per heavy atom. The Labute approximate surface area is 104 Å². The van der Waals surface area contributed by atoms with Crippen molar-refractivity contribution in [3.8, 4) is 0 Å². The zero-order valence-corrected chi connectivity index (χ0v) is 10.8. The molecule has 0 aromatic carbocycles. The summed E-state index contributed by atoms with van der Waals surface area (Å²) >= 11 is 0. The molecule has 1 amide bonds. The molecule has 0 aromatic rings. The minimum absolute atomic E-state index is 0.157. The van der Waals surface area contributed by atoms with Crippen LogP contribution < -0.4 is 11.1 Å². The van der Waals surface area contributed by atoms with Crippen molar-refractivity contribution < 1.29 is 4.79 Å². The van der Waals surface area contributed by atoms with E-state index in [-0.39, 0.29) is 17.9 Å². The number of amides is 1. The van der Waals surface area contributed by atoms with E-state index in [0.29, 0.717) is 0 Å². The number of nitrogens with two attached hydrogens (primary N) is 1. The van der Waals surface area contributed by atoms with Crippen molar-refractivity contribution in [2.24, 2.45) is 11.7 Å². The third-order valence-corrected chi connectivity index (χ3v) is 4.02. The molecule has 17 heavy (non-hydrogen) atoms. The molecule has 2 aliphatic rings. The number of hydrogen-bond acceptors (Lipinski definition) is 3. The van der Waals surface area contributed by atoms with E-state index < -0.39 is 0 Å². The Balaban J connectivity index is 1.62. The molecule has 0 saturated heterocycles. The first kappa shape index (κ1) is 12.8. The van der Waals surface area contributed by atoms with Gasteiger partial charge in [0.25, 0.3) is 0 Å². The summed E-state index contributed by atoms with van der Waals surface area (Å²) in [5.41, 5.74) is 5.90. The fourth-order valence-corrected chi connectivity index (χ4v) is 2.66. The zero-order valence-electron chi connectivity index (χ0n) is 10.8. The average Bonchev–Trinajstić information content (AvgIpc) is 3.12. The highest BCUT2D eigenvalue weighted by atomic mass is 16.1. The lowest BCUT2D eigenvalue weighted by Gasteiger charge is -2.26. The molecule has 4 heteroatoms. The zero-order chi connectivity index (χ0) is 12.3. The highest BCUT2D eigenvalue weighted by molar-refractivity contribution is 5.78. The van der Waals surface area contributed by atoms with Crippen LogP contribution >= 0.6 is 0 Å². The summed E-state index contributed by atoms with van der Waals surface area (Å²) in [7, 11) is 2.14. The Kier molecular flexibility index (Phi) is 4.40. The van der Waals surface area contributed by atoms with Crippen molar-refractivity contribution in [2.75, 3.05) is 20.1 Å². The van der Waals surface area contributed by atoms with Crippen LogP contribution in [0.25, 0.3) is 0 Å². The van der Waals surface area contributed by atoms with Crippen LogP contribution in [0.4, 0.5) is 0 Å². The molecule has 3 N–H and O–H groups in total. The number of carbonyl (C=O) groups is 1. The molecule has 4 nitrogen and oxygen atoms in total. The van der Waals surface area contributed by atoms with Gasteiger partial charge in [0.1, 0.15) is 0 Å². The molecule has 0 aliphatic heterocycles. The highest BCUT2D eigenvalue weighted by Crippen LogP contribution is 2.25. The van der Waals surface area contributed by atoms with Crippen molar-refractivity contribution in [1.82, 2.24) is 10.2 Å².